The van der Waals surface area contributed by atoms with E-state index in [1.165, 1.54) is 24.0 Å². The maximum atomic E-state index is 13.0. The average molecular weight is 537 g/mol. The number of halogens is 2. The average Bonchev–Trinajstić information content (AvgIpc) is 3.06. The molecule has 188 valence electrons. The number of ether oxygens (including phenoxy) is 3. The molecule has 1 atom stereocenters. The molecule has 0 saturated carbocycles. The van der Waals surface area contributed by atoms with Crippen LogP contribution < -0.4 is 20.3 Å². The van der Waals surface area contributed by atoms with Gasteiger partial charge in [-0.25, -0.2) is 4.79 Å². The van der Waals surface area contributed by atoms with Gasteiger partial charge in [-0.05, 0) is 22.8 Å². The fourth-order valence-electron chi connectivity index (χ4n) is 4.23. The highest BCUT2D eigenvalue weighted by Crippen LogP contribution is 2.40. The molecular formula is C28H22Cl2N2O5. The van der Waals surface area contributed by atoms with E-state index in [0.717, 1.165) is 16.7 Å². The molecule has 2 heterocycles. The highest BCUT2D eigenvalue weighted by atomic mass is 35.5. The number of nitrogens with zero attached hydrogens (tertiary/aromatic N) is 1. The Morgan fingerprint density at radius 3 is 2.54 bits per heavy atom. The molecule has 0 bridgehead atoms. The molecule has 0 amide bonds. The summed E-state index contributed by atoms with van der Waals surface area (Å²) in [5.41, 5.74) is 6.21. The Hall–Kier alpha value is -3.94. The first kappa shape index (κ1) is 24.7. The van der Waals surface area contributed by atoms with Crippen molar-refractivity contribution in [1.82, 2.24) is 4.68 Å². The maximum Gasteiger partial charge on any atom is 0.360 e. The Bertz CT molecular complexity index is 1520. The molecule has 0 fully saturated rings. The van der Waals surface area contributed by atoms with Gasteiger partial charge in [0, 0.05) is 23.9 Å². The summed E-state index contributed by atoms with van der Waals surface area (Å²) in [6.45, 7) is 0.417. The molecule has 1 aromatic heterocycles. The van der Waals surface area contributed by atoms with Crippen LogP contribution in [0.2, 0.25) is 10.0 Å². The monoisotopic (exact) mass is 536 g/mol. The van der Waals surface area contributed by atoms with E-state index in [1.54, 1.807) is 12.1 Å². The van der Waals surface area contributed by atoms with Gasteiger partial charge >= 0.3 is 5.97 Å². The van der Waals surface area contributed by atoms with Crippen molar-refractivity contribution in [2.45, 2.75) is 19.3 Å². The van der Waals surface area contributed by atoms with Crippen molar-refractivity contribution < 1.29 is 19.0 Å². The molecule has 0 radical (unpaired) electrons. The van der Waals surface area contributed by atoms with Crippen molar-refractivity contribution in [1.29, 1.82) is 0 Å². The van der Waals surface area contributed by atoms with Crippen molar-refractivity contribution >= 4 is 29.2 Å². The minimum absolute atomic E-state index is 0.0739. The maximum absolute atomic E-state index is 13.0. The molecule has 3 aromatic carbocycles. The second-order valence-electron chi connectivity index (χ2n) is 8.35. The number of hydrogen-bond acceptors (Lipinski definition) is 6. The third-order valence-electron chi connectivity index (χ3n) is 6.04. The van der Waals surface area contributed by atoms with Gasteiger partial charge in [0.05, 0.1) is 23.2 Å². The fraction of sp³-hybridized carbons (Fsp3) is 0.143. The Morgan fingerprint density at radius 2 is 1.76 bits per heavy atom. The number of nitrogens with one attached hydrogen (secondary N) is 1. The molecule has 5 rings (SSSR count). The Morgan fingerprint density at radius 1 is 1.03 bits per heavy atom. The van der Waals surface area contributed by atoms with Gasteiger partial charge < -0.3 is 19.6 Å². The first-order valence-electron chi connectivity index (χ1n) is 11.4. The van der Waals surface area contributed by atoms with Crippen molar-refractivity contribution in [3.63, 3.8) is 0 Å². The van der Waals surface area contributed by atoms with Crippen molar-refractivity contribution in [2.24, 2.45) is 0 Å². The second kappa shape index (κ2) is 10.6. The van der Waals surface area contributed by atoms with Crippen molar-refractivity contribution in [2.75, 3.05) is 12.5 Å². The van der Waals surface area contributed by atoms with Crippen LogP contribution in [0.5, 0.6) is 11.5 Å². The number of rotatable bonds is 6. The van der Waals surface area contributed by atoms with E-state index < -0.39 is 17.4 Å². The lowest BCUT2D eigenvalue weighted by Gasteiger charge is -2.25. The van der Waals surface area contributed by atoms with Crippen LogP contribution >= 0.6 is 23.2 Å². The lowest BCUT2D eigenvalue weighted by molar-refractivity contribution is 0.0582. The van der Waals surface area contributed by atoms with Crippen LogP contribution in [-0.2, 0) is 18.0 Å². The van der Waals surface area contributed by atoms with Crippen LogP contribution in [0.25, 0.3) is 0 Å². The number of hydrogen-bond donors (Lipinski definition) is 1. The van der Waals surface area contributed by atoms with E-state index in [0.29, 0.717) is 28.0 Å². The molecule has 1 aliphatic heterocycles. The minimum atomic E-state index is -0.735. The zero-order chi connectivity index (χ0) is 25.9. The van der Waals surface area contributed by atoms with Crippen molar-refractivity contribution in [3.05, 3.63) is 127 Å². The molecule has 1 N–H and O–H groups in total. The summed E-state index contributed by atoms with van der Waals surface area (Å²) >= 11 is 12.7. The number of methoxy groups -OCH3 is 1. The predicted octanol–water partition coefficient (Wildman–Crippen LogP) is 5.75. The van der Waals surface area contributed by atoms with E-state index in [4.69, 9.17) is 37.4 Å². The number of pyridine rings is 1. The Labute approximate surface area is 223 Å². The van der Waals surface area contributed by atoms with Gasteiger partial charge in [-0.1, -0.05) is 77.8 Å². The zero-order valence-electron chi connectivity index (χ0n) is 19.7. The van der Waals surface area contributed by atoms with Gasteiger partial charge in [0.25, 0.3) is 0 Å². The molecule has 0 spiro atoms. The highest BCUT2D eigenvalue weighted by molar-refractivity contribution is 6.42. The summed E-state index contributed by atoms with van der Waals surface area (Å²) in [5.74, 6) is -0.316. The third-order valence-corrected chi connectivity index (χ3v) is 6.76. The Kier molecular flexibility index (Phi) is 7.08. The van der Waals surface area contributed by atoms with Gasteiger partial charge in [0.15, 0.2) is 11.4 Å². The first-order chi connectivity index (χ1) is 18.0. The molecular weight excluding hydrogens is 515 g/mol. The summed E-state index contributed by atoms with van der Waals surface area (Å²) in [6, 6.07) is 21.3. The number of esters is 1. The van der Waals surface area contributed by atoms with E-state index in [-0.39, 0.29) is 18.1 Å². The van der Waals surface area contributed by atoms with Gasteiger partial charge in [-0.2, -0.15) is 0 Å². The SMILES string of the molecule is COC(=O)c1c(OCc2ccccc2)c(=O)ccn1NC1c2ccccc2COc2cc(Cl)c(Cl)cc21. The van der Waals surface area contributed by atoms with E-state index in [1.807, 2.05) is 54.6 Å². The first-order valence-corrected chi connectivity index (χ1v) is 12.2. The van der Waals surface area contributed by atoms with Crippen molar-refractivity contribution in [3.8, 4) is 11.5 Å². The largest absolute Gasteiger partial charge is 0.488 e. The normalized spacial score (nSPS) is 14.0. The number of aromatic nitrogens is 1. The van der Waals surface area contributed by atoms with Crippen LogP contribution in [0.1, 0.15) is 38.8 Å². The molecule has 1 unspecified atom stereocenters. The fourth-order valence-corrected chi connectivity index (χ4v) is 4.55. The van der Waals surface area contributed by atoms with Crippen LogP contribution in [0, 0.1) is 0 Å². The van der Waals surface area contributed by atoms with E-state index in [9.17, 15) is 9.59 Å². The van der Waals surface area contributed by atoms with Crippen LogP contribution in [0.3, 0.4) is 0 Å². The molecule has 7 nitrogen and oxygen atoms in total. The van der Waals surface area contributed by atoms with Crippen LogP contribution in [0.15, 0.2) is 83.8 Å². The highest BCUT2D eigenvalue weighted by Gasteiger charge is 2.29. The topological polar surface area (TPSA) is 78.8 Å². The zero-order valence-corrected chi connectivity index (χ0v) is 21.3. The quantitative estimate of drug-likeness (QED) is 0.316. The number of benzene rings is 3. The molecule has 9 heteroatoms. The Balaban J connectivity index is 1.62. The second-order valence-corrected chi connectivity index (χ2v) is 9.16. The molecule has 4 aromatic rings. The summed E-state index contributed by atoms with van der Waals surface area (Å²) in [7, 11) is 1.25. The predicted molar refractivity (Wildman–Crippen MR) is 141 cm³/mol. The summed E-state index contributed by atoms with van der Waals surface area (Å²) in [4.78, 5) is 25.8. The molecule has 37 heavy (non-hydrogen) atoms. The third kappa shape index (κ3) is 5.01. The smallest absolute Gasteiger partial charge is 0.360 e. The molecule has 1 aliphatic rings. The lowest BCUT2D eigenvalue weighted by atomic mass is 9.95. The van der Waals surface area contributed by atoms with Gasteiger partial charge in [0.2, 0.25) is 5.43 Å². The van der Waals surface area contributed by atoms with Crippen LogP contribution in [-0.4, -0.2) is 17.8 Å². The van der Waals surface area contributed by atoms with E-state index >= 15 is 0 Å². The van der Waals surface area contributed by atoms with Gasteiger partial charge in [-0.3, -0.25) is 9.47 Å². The van der Waals surface area contributed by atoms with Crippen LogP contribution in [0.4, 0.5) is 0 Å². The molecule has 0 saturated heterocycles. The number of fused-ring (bicyclic) bond motifs is 2. The summed E-state index contributed by atoms with van der Waals surface area (Å²) in [5, 5.41) is 0.718. The lowest BCUT2D eigenvalue weighted by Crippen LogP contribution is -2.30. The standard InChI is InChI=1S/C28H22Cl2N2O5/c1-35-28(34)26-27(37-15-17-7-3-2-4-8-17)23(33)11-12-32(26)31-25-19-10-6-5-9-18(19)16-36-24-14-22(30)21(29)13-20(24)25/h2-14,25,31H,15-16H2,1H3. The summed E-state index contributed by atoms with van der Waals surface area (Å²) in [6.07, 6.45) is 1.47. The number of carbonyl (C=O) groups excluding carboxylic acids is 1. The van der Waals surface area contributed by atoms with E-state index in [2.05, 4.69) is 5.43 Å². The number of carbonyl (C=O) groups is 1. The van der Waals surface area contributed by atoms with Gasteiger partial charge in [-0.15, -0.1) is 0 Å². The van der Waals surface area contributed by atoms with Gasteiger partial charge in [0.1, 0.15) is 19.0 Å². The minimum Gasteiger partial charge on any atom is -0.488 e. The molecule has 0 aliphatic carbocycles. The summed E-state index contributed by atoms with van der Waals surface area (Å²) < 4.78 is 18.4.